The van der Waals surface area contributed by atoms with E-state index in [1.807, 2.05) is 18.2 Å². The van der Waals surface area contributed by atoms with Crippen molar-refractivity contribution < 1.29 is 14.7 Å². The summed E-state index contributed by atoms with van der Waals surface area (Å²) in [5, 5.41) is 9.10. The van der Waals surface area contributed by atoms with Crippen LogP contribution in [0, 0.1) is 5.92 Å². The minimum absolute atomic E-state index is 0.146. The number of aliphatic carboxylic acids is 1. The molecule has 2 atom stereocenters. The minimum atomic E-state index is -0.833. The maximum atomic E-state index is 12.4. The predicted molar refractivity (Wildman–Crippen MR) is 73.0 cm³/mol. The van der Waals surface area contributed by atoms with Gasteiger partial charge in [-0.1, -0.05) is 6.07 Å². The van der Waals surface area contributed by atoms with Crippen molar-refractivity contribution in [1.29, 1.82) is 0 Å². The molecule has 0 saturated carbocycles. The Morgan fingerprint density at radius 1 is 1.50 bits per heavy atom. The largest absolute Gasteiger partial charge is 0.481 e. The van der Waals surface area contributed by atoms with E-state index in [2.05, 4.69) is 4.98 Å². The molecule has 1 N–H and O–H groups in total. The summed E-state index contributed by atoms with van der Waals surface area (Å²) in [6, 6.07) is 5.14. The molecule has 2 heterocycles. The third kappa shape index (κ3) is 2.89. The lowest BCUT2D eigenvalue weighted by Gasteiger charge is -2.28. The number of carbonyl (C=O) groups excluding carboxylic acids is 1. The highest BCUT2D eigenvalue weighted by Crippen LogP contribution is 2.25. The first-order valence-corrected chi connectivity index (χ1v) is 6.65. The fraction of sp³-hybridized carbons (Fsp3) is 0.500. The summed E-state index contributed by atoms with van der Waals surface area (Å²) in [6.07, 6.45) is 2.20. The van der Waals surface area contributed by atoms with E-state index >= 15 is 0 Å². The molecule has 1 aliphatic rings. The number of hydrogen-bond donors (Lipinski definition) is 1. The van der Waals surface area contributed by atoms with Gasteiger partial charge in [0.2, 0.25) is 0 Å². The number of carboxylic acid groups (broad SMARTS) is 1. The third-order valence-electron chi connectivity index (χ3n) is 3.77. The van der Waals surface area contributed by atoms with Gasteiger partial charge < -0.3 is 14.9 Å². The van der Waals surface area contributed by atoms with Crippen molar-refractivity contribution in [3.63, 3.8) is 0 Å². The van der Waals surface area contributed by atoms with E-state index in [9.17, 15) is 9.59 Å². The molecule has 2 unspecified atom stereocenters. The van der Waals surface area contributed by atoms with Crippen molar-refractivity contribution in [2.75, 3.05) is 13.6 Å². The van der Waals surface area contributed by atoms with Gasteiger partial charge in [-0.15, -0.1) is 0 Å². The van der Waals surface area contributed by atoms with Crippen molar-refractivity contribution >= 4 is 12.0 Å². The van der Waals surface area contributed by atoms with E-state index < -0.39 is 11.9 Å². The number of carboxylic acids is 1. The van der Waals surface area contributed by atoms with Crippen molar-refractivity contribution in [2.45, 2.75) is 25.9 Å². The molecule has 20 heavy (non-hydrogen) atoms. The van der Waals surface area contributed by atoms with Crippen LogP contribution in [0.4, 0.5) is 4.79 Å². The third-order valence-corrected chi connectivity index (χ3v) is 3.77. The molecule has 0 aliphatic carbocycles. The lowest BCUT2D eigenvalue weighted by atomic mass is 10.0. The Bertz CT molecular complexity index is 492. The molecular weight excluding hydrogens is 258 g/mol. The molecule has 0 aromatic carbocycles. The number of hydrogen-bond acceptors (Lipinski definition) is 3. The van der Waals surface area contributed by atoms with E-state index in [1.165, 1.54) is 0 Å². The fourth-order valence-corrected chi connectivity index (χ4v) is 2.56. The average Bonchev–Trinajstić information content (AvgIpc) is 2.81. The second kappa shape index (κ2) is 5.90. The molecular formula is C14H19N3O3. The minimum Gasteiger partial charge on any atom is -0.481 e. The van der Waals surface area contributed by atoms with Crippen LogP contribution in [0.25, 0.3) is 0 Å². The smallest absolute Gasteiger partial charge is 0.320 e. The maximum Gasteiger partial charge on any atom is 0.320 e. The first kappa shape index (κ1) is 14.3. The highest BCUT2D eigenvalue weighted by atomic mass is 16.4. The number of likely N-dealkylation sites (tertiary alicyclic amines) is 1. The molecule has 0 spiro atoms. The molecule has 1 aromatic rings. The summed E-state index contributed by atoms with van der Waals surface area (Å²) in [4.78, 5) is 30.8. The predicted octanol–water partition coefficient (Wildman–Crippen LogP) is 1.43. The van der Waals surface area contributed by atoms with Crippen molar-refractivity contribution in [3.8, 4) is 0 Å². The molecule has 0 bridgehead atoms. The Morgan fingerprint density at radius 3 is 2.80 bits per heavy atom. The zero-order valence-corrected chi connectivity index (χ0v) is 11.7. The molecule has 1 fully saturated rings. The van der Waals surface area contributed by atoms with Gasteiger partial charge in [-0.25, -0.2) is 4.79 Å². The number of aromatic nitrogens is 1. The molecule has 0 radical (unpaired) electrons. The van der Waals surface area contributed by atoms with E-state index in [0.29, 0.717) is 19.5 Å². The van der Waals surface area contributed by atoms with Gasteiger partial charge in [0.05, 0.1) is 18.2 Å². The highest BCUT2D eigenvalue weighted by molar-refractivity contribution is 5.78. The van der Waals surface area contributed by atoms with Crippen LogP contribution >= 0.6 is 0 Å². The summed E-state index contributed by atoms with van der Waals surface area (Å²) in [7, 11) is 1.71. The van der Waals surface area contributed by atoms with Gasteiger partial charge in [-0.2, -0.15) is 0 Å². The summed E-state index contributed by atoms with van der Waals surface area (Å²) in [5.41, 5.74) is 0.810. The van der Waals surface area contributed by atoms with Crippen LogP contribution in [0.15, 0.2) is 24.4 Å². The lowest BCUT2D eigenvalue weighted by Crippen LogP contribution is -2.44. The van der Waals surface area contributed by atoms with Gasteiger partial charge >= 0.3 is 12.0 Å². The van der Waals surface area contributed by atoms with E-state index in [4.69, 9.17) is 5.11 Å². The normalized spacial score (nSPS) is 21.8. The first-order valence-electron chi connectivity index (χ1n) is 6.65. The molecule has 1 aliphatic heterocycles. The van der Waals surface area contributed by atoms with Crippen molar-refractivity contribution in [3.05, 3.63) is 30.1 Å². The Morgan fingerprint density at radius 2 is 2.25 bits per heavy atom. The summed E-state index contributed by atoms with van der Waals surface area (Å²) in [6.45, 7) is 2.70. The van der Waals surface area contributed by atoms with Crippen LogP contribution in [0.1, 0.15) is 19.0 Å². The van der Waals surface area contributed by atoms with E-state index in [1.54, 1.807) is 30.0 Å². The molecule has 6 nitrogen and oxygen atoms in total. The number of urea groups is 1. The van der Waals surface area contributed by atoms with Gasteiger partial charge in [0.25, 0.3) is 0 Å². The van der Waals surface area contributed by atoms with Crippen LogP contribution in [0.3, 0.4) is 0 Å². The van der Waals surface area contributed by atoms with Crippen LogP contribution in [0.2, 0.25) is 0 Å². The number of nitrogens with zero attached hydrogens (tertiary/aromatic N) is 3. The fourth-order valence-electron chi connectivity index (χ4n) is 2.56. The summed E-state index contributed by atoms with van der Waals surface area (Å²) < 4.78 is 0. The van der Waals surface area contributed by atoms with Gasteiger partial charge in [-0.3, -0.25) is 9.78 Å². The standard InChI is InChI=1S/C14H19N3O3/c1-10-12(13(18)19)6-8-17(10)14(20)16(2)9-11-5-3-4-7-15-11/h3-5,7,10,12H,6,8-9H2,1-2H3,(H,18,19). The van der Waals surface area contributed by atoms with Crippen molar-refractivity contribution in [1.82, 2.24) is 14.8 Å². The molecule has 2 amide bonds. The Labute approximate surface area is 118 Å². The van der Waals surface area contributed by atoms with E-state index in [-0.39, 0.29) is 12.1 Å². The van der Waals surface area contributed by atoms with Gasteiger partial charge in [0.1, 0.15) is 0 Å². The molecule has 6 heteroatoms. The zero-order valence-electron chi connectivity index (χ0n) is 11.7. The number of rotatable bonds is 3. The summed E-state index contributed by atoms with van der Waals surface area (Å²) >= 11 is 0. The monoisotopic (exact) mass is 277 g/mol. The van der Waals surface area contributed by atoms with Crippen LogP contribution in [-0.4, -0.2) is 51.5 Å². The molecule has 108 valence electrons. The van der Waals surface area contributed by atoms with Gasteiger partial charge in [0, 0.05) is 25.8 Å². The highest BCUT2D eigenvalue weighted by Gasteiger charge is 2.39. The van der Waals surface area contributed by atoms with Crippen molar-refractivity contribution in [2.24, 2.45) is 5.92 Å². The Balaban J connectivity index is 1.99. The lowest BCUT2D eigenvalue weighted by molar-refractivity contribution is -0.142. The topological polar surface area (TPSA) is 73.7 Å². The number of amides is 2. The Kier molecular flexibility index (Phi) is 4.22. The number of carbonyl (C=O) groups is 2. The number of pyridine rings is 1. The second-order valence-corrected chi connectivity index (χ2v) is 5.13. The summed E-state index contributed by atoms with van der Waals surface area (Å²) in [5.74, 6) is -1.30. The molecule has 1 saturated heterocycles. The van der Waals surface area contributed by atoms with Crippen LogP contribution in [0.5, 0.6) is 0 Å². The van der Waals surface area contributed by atoms with Gasteiger partial charge in [-0.05, 0) is 25.5 Å². The van der Waals surface area contributed by atoms with E-state index in [0.717, 1.165) is 5.69 Å². The van der Waals surface area contributed by atoms with Gasteiger partial charge in [0.15, 0.2) is 0 Å². The first-order chi connectivity index (χ1) is 9.50. The van der Waals surface area contributed by atoms with Crippen LogP contribution < -0.4 is 0 Å². The zero-order chi connectivity index (χ0) is 14.7. The quantitative estimate of drug-likeness (QED) is 0.907. The van der Waals surface area contributed by atoms with Crippen LogP contribution in [-0.2, 0) is 11.3 Å². The molecule has 1 aromatic heterocycles. The Hall–Kier alpha value is -2.11. The SMILES string of the molecule is CC1C(C(=O)O)CCN1C(=O)N(C)Cc1ccccn1. The maximum absolute atomic E-state index is 12.4. The molecule has 2 rings (SSSR count). The second-order valence-electron chi connectivity index (χ2n) is 5.13. The average molecular weight is 277 g/mol.